The van der Waals surface area contributed by atoms with Gasteiger partial charge in [-0.05, 0) is 83.8 Å². The number of aromatic hydroxyl groups is 1. The smallest absolute Gasteiger partial charge is 0.248 e. The molecule has 0 unspecified atom stereocenters. The van der Waals surface area contributed by atoms with Crippen molar-refractivity contribution in [1.29, 1.82) is 0 Å². The van der Waals surface area contributed by atoms with Gasteiger partial charge >= 0.3 is 0 Å². The zero-order valence-corrected chi connectivity index (χ0v) is 20.1. The zero-order valence-electron chi connectivity index (χ0n) is 20.1. The molecule has 0 bridgehead atoms. The van der Waals surface area contributed by atoms with Crippen LogP contribution in [0.5, 0.6) is 5.75 Å². The van der Waals surface area contributed by atoms with E-state index in [1.807, 2.05) is 42.6 Å². The quantitative estimate of drug-likeness (QED) is 0.519. The van der Waals surface area contributed by atoms with Gasteiger partial charge in [-0.3, -0.25) is 14.7 Å². The summed E-state index contributed by atoms with van der Waals surface area (Å²) >= 11 is 0. The normalized spacial score (nSPS) is 14.2. The highest BCUT2D eigenvalue weighted by Crippen LogP contribution is 2.37. The lowest BCUT2D eigenvalue weighted by Gasteiger charge is -2.30. The van der Waals surface area contributed by atoms with Gasteiger partial charge in [0.2, 0.25) is 5.91 Å². The van der Waals surface area contributed by atoms with Crippen LogP contribution in [0, 0.1) is 0 Å². The largest absolute Gasteiger partial charge is 0.508 e. The highest BCUT2D eigenvalue weighted by molar-refractivity contribution is 5.96. The van der Waals surface area contributed by atoms with E-state index in [2.05, 4.69) is 35.9 Å². The molecule has 1 aliphatic rings. The Morgan fingerprint density at radius 3 is 2.29 bits per heavy atom. The van der Waals surface area contributed by atoms with E-state index < -0.39 is 0 Å². The molecule has 1 amide bonds. The number of hydrogen-bond donors (Lipinski definition) is 2. The molecule has 0 saturated carbocycles. The molecule has 1 aliphatic heterocycles. The van der Waals surface area contributed by atoms with E-state index in [0.29, 0.717) is 5.56 Å². The second-order valence-electron chi connectivity index (χ2n) is 8.82. The number of amides is 1. The molecule has 2 aromatic carbocycles. The number of hydrogen-bond acceptors (Lipinski definition) is 4. The average Bonchev–Trinajstić information content (AvgIpc) is 2.85. The molecule has 4 rings (SSSR count). The third-order valence-corrected chi connectivity index (χ3v) is 6.73. The number of aromatic nitrogens is 1. The Morgan fingerprint density at radius 1 is 0.971 bits per heavy atom. The first-order chi connectivity index (χ1) is 16.5. The van der Waals surface area contributed by atoms with Crippen molar-refractivity contribution < 1.29 is 9.90 Å². The van der Waals surface area contributed by atoms with Crippen LogP contribution in [0.1, 0.15) is 65.0 Å². The summed E-state index contributed by atoms with van der Waals surface area (Å²) in [5.41, 5.74) is 14.3. The summed E-state index contributed by atoms with van der Waals surface area (Å²) in [7, 11) is 0. The minimum atomic E-state index is -0.382. The Balaban J connectivity index is 1.76. The maximum atomic E-state index is 12.1. The summed E-state index contributed by atoms with van der Waals surface area (Å²) in [6.07, 6.45) is 5.29. The van der Waals surface area contributed by atoms with Crippen molar-refractivity contribution in [3.05, 3.63) is 99.9 Å². The van der Waals surface area contributed by atoms with Crippen LogP contribution in [-0.2, 0) is 19.4 Å². The molecule has 1 fully saturated rings. The lowest BCUT2D eigenvalue weighted by molar-refractivity contribution is 0.0999. The zero-order chi connectivity index (χ0) is 24.1. The molecular formula is C29H33N3O2. The van der Waals surface area contributed by atoms with Crippen LogP contribution in [0.3, 0.4) is 0 Å². The van der Waals surface area contributed by atoms with Gasteiger partial charge in [0, 0.05) is 31.4 Å². The van der Waals surface area contributed by atoms with Gasteiger partial charge in [0.05, 0.1) is 5.69 Å². The number of likely N-dealkylation sites (tertiary alicyclic amines) is 1. The Kier molecular flexibility index (Phi) is 7.43. The summed E-state index contributed by atoms with van der Waals surface area (Å²) in [5.74, 6) is -0.127. The molecule has 0 atom stereocenters. The molecule has 0 spiro atoms. The van der Waals surface area contributed by atoms with Crippen LogP contribution >= 0.6 is 0 Å². The molecule has 1 saturated heterocycles. The number of primary amides is 1. The average molecular weight is 456 g/mol. The molecule has 2 heterocycles. The molecule has 1 aromatic heterocycles. The van der Waals surface area contributed by atoms with E-state index in [4.69, 9.17) is 5.73 Å². The monoisotopic (exact) mass is 455 g/mol. The fourth-order valence-corrected chi connectivity index (χ4v) is 5.13. The van der Waals surface area contributed by atoms with Gasteiger partial charge in [0.15, 0.2) is 0 Å². The van der Waals surface area contributed by atoms with Gasteiger partial charge in [-0.25, -0.2) is 0 Å². The number of nitrogens with zero attached hydrogens (tertiary/aromatic N) is 2. The standard InChI is InChI=1S/C29H33N3O2/c1-3-24-25(4-2)27(29(30)34)12-11-26(24)28(21-8-7-10-23(33)18-21)20-13-16-32(17-14-20)19-22-9-5-6-15-31-22/h5-12,15,18,33H,3-4,13-14,16-17,19H2,1-2H3,(H2,30,34). The van der Waals surface area contributed by atoms with E-state index >= 15 is 0 Å². The highest BCUT2D eigenvalue weighted by Gasteiger charge is 2.23. The van der Waals surface area contributed by atoms with Crippen molar-refractivity contribution in [2.75, 3.05) is 13.1 Å². The Hall–Kier alpha value is -3.44. The fraction of sp³-hybridized carbons (Fsp3) is 0.310. The van der Waals surface area contributed by atoms with E-state index in [-0.39, 0.29) is 11.7 Å². The SMILES string of the molecule is CCc1c(C(N)=O)ccc(C(=C2CCN(Cc3ccccn3)CC2)c2cccc(O)c2)c1CC. The number of carbonyl (C=O) groups is 1. The van der Waals surface area contributed by atoms with Crippen LogP contribution < -0.4 is 5.73 Å². The summed E-state index contributed by atoms with van der Waals surface area (Å²) in [6, 6.07) is 17.5. The Labute approximate surface area is 202 Å². The van der Waals surface area contributed by atoms with Gasteiger partial charge in [0.25, 0.3) is 0 Å². The van der Waals surface area contributed by atoms with Crippen molar-refractivity contribution >= 4 is 11.5 Å². The first-order valence-electron chi connectivity index (χ1n) is 12.1. The van der Waals surface area contributed by atoms with Crippen molar-refractivity contribution in [3.8, 4) is 5.75 Å². The van der Waals surface area contributed by atoms with Gasteiger partial charge in [-0.15, -0.1) is 0 Å². The van der Waals surface area contributed by atoms with E-state index in [1.165, 1.54) is 16.7 Å². The number of pyridine rings is 1. The van der Waals surface area contributed by atoms with Crippen LogP contribution in [0.15, 0.2) is 66.4 Å². The first kappa shape index (κ1) is 23.7. The molecule has 5 heteroatoms. The maximum absolute atomic E-state index is 12.1. The van der Waals surface area contributed by atoms with Gasteiger partial charge in [0.1, 0.15) is 5.75 Å². The van der Waals surface area contributed by atoms with E-state index in [1.54, 1.807) is 6.07 Å². The number of nitrogens with two attached hydrogens (primary N) is 1. The summed E-state index contributed by atoms with van der Waals surface area (Å²) in [4.78, 5) is 19.0. The summed E-state index contributed by atoms with van der Waals surface area (Å²) < 4.78 is 0. The third kappa shape index (κ3) is 5.05. The minimum Gasteiger partial charge on any atom is -0.508 e. The number of carbonyl (C=O) groups excluding carboxylic acids is 1. The molecule has 0 aliphatic carbocycles. The number of piperidine rings is 1. The number of phenolic OH excluding ortho intramolecular Hbond substituents is 1. The van der Waals surface area contributed by atoms with Crippen LogP contribution in [0.2, 0.25) is 0 Å². The van der Waals surface area contributed by atoms with Crippen LogP contribution in [0.4, 0.5) is 0 Å². The molecule has 34 heavy (non-hydrogen) atoms. The van der Waals surface area contributed by atoms with Gasteiger partial charge < -0.3 is 10.8 Å². The van der Waals surface area contributed by atoms with Crippen LogP contribution in [0.25, 0.3) is 5.57 Å². The lowest BCUT2D eigenvalue weighted by Crippen LogP contribution is -2.31. The molecule has 3 aromatic rings. The molecule has 176 valence electrons. The number of phenols is 1. The van der Waals surface area contributed by atoms with Crippen molar-refractivity contribution in [3.63, 3.8) is 0 Å². The second-order valence-corrected chi connectivity index (χ2v) is 8.82. The van der Waals surface area contributed by atoms with E-state index in [0.717, 1.165) is 67.7 Å². The third-order valence-electron chi connectivity index (χ3n) is 6.73. The molecule has 5 nitrogen and oxygen atoms in total. The lowest BCUT2D eigenvalue weighted by atomic mass is 9.82. The van der Waals surface area contributed by atoms with E-state index in [9.17, 15) is 9.90 Å². The predicted molar refractivity (Wildman–Crippen MR) is 137 cm³/mol. The second kappa shape index (κ2) is 10.7. The fourth-order valence-electron chi connectivity index (χ4n) is 5.13. The number of rotatable bonds is 7. The van der Waals surface area contributed by atoms with Gasteiger partial charge in [-0.2, -0.15) is 0 Å². The predicted octanol–water partition coefficient (Wildman–Crippen LogP) is 5.11. The first-order valence-corrected chi connectivity index (χ1v) is 12.1. The highest BCUT2D eigenvalue weighted by atomic mass is 16.3. The summed E-state index contributed by atoms with van der Waals surface area (Å²) in [6.45, 7) is 6.96. The Morgan fingerprint density at radius 2 is 1.68 bits per heavy atom. The topological polar surface area (TPSA) is 79.5 Å². The maximum Gasteiger partial charge on any atom is 0.248 e. The van der Waals surface area contributed by atoms with Crippen molar-refractivity contribution in [2.24, 2.45) is 5.73 Å². The van der Waals surface area contributed by atoms with Crippen LogP contribution in [-0.4, -0.2) is 34.0 Å². The molecular weight excluding hydrogens is 422 g/mol. The minimum absolute atomic E-state index is 0.255. The molecule has 3 N–H and O–H groups in total. The molecule has 0 radical (unpaired) electrons. The van der Waals surface area contributed by atoms with Crippen molar-refractivity contribution in [2.45, 2.75) is 46.1 Å². The summed E-state index contributed by atoms with van der Waals surface area (Å²) in [5, 5.41) is 10.3. The Bertz CT molecular complexity index is 1190. The van der Waals surface area contributed by atoms with Gasteiger partial charge in [-0.1, -0.05) is 43.7 Å². The number of benzene rings is 2. The van der Waals surface area contributed by atoms with Crippen molar-refractivity contribution in [1.82, 2.24) is 9.88 Å².